The highest BCUT2D eigenvalue weighted by Crippen LogP contribution is 2.43. The van der Waals surface area contributed by atoms with Crippen LogP contribution in [0.2, 0.25) is 0 Å². The Labute approximate surface area is 530 Å². The zero-order valence-electron chi connectivity index (χ0n) is 57.9. The zero-order valence-corrected chi connectivity index (χ0v) is 58.8. The highest BCUT2D eigenvalue weighted by molar-refractivity contribution is 7.47. The van der Waals surface area contributed by atoms with Crippen molar-refractivity contribution in [3.8, 4) is 0 Å². The van der Waals surface area contributed by atoms with Crippen molar-refractivity contribution < 1.29 is 37.3 Å². The molecule has 0 aliphatic rings. The molecule has 2 N–H and O–H groups in total. The number of phosphoric ester groups is 1. The summed E-state index contributed by atoms with van der Waals surface area (Å²) in [5.41, 5.74) is 0. The number of phosphoric acid groups is 1. The number of ether oxygens (including phenoxy) is 1. The van der Waals surface area contributed by atoms with Gasteiger partial charge in [-0.05, 0) is 57.4 Å². The van der Waals surface area contributed by atoms with Gasteiger partial charge in [0.1, 0.15) is 19.3 Å². The van der Waals surface area contributed by atoms with E-state index in [2.05, 4.69) is 38.2 Å². The Morgan fingerprint density at radius 3 is 1.00 bits per heavy atom. The minimum atomic E-state index is -4.45. The van der Waals surface area contributed by atoms with E-state index in [4.69, 9.17) is 13.8 Å². The van der Waals surface area contributed by atoms with Crippen molar-refractivity contribution in [2.24, 2.45) is 0 Å². The first-order chi connectivity index (χ1) is 41.4. The summed E-state index contributed by atoms with van der Waals surface area (Å²) in [5.74, 6) is -0.480. The molecule has 0 fully saturated rings. The lowest BCUT2D eigenvalue weighted by atomic mass is 10.0. The second kappa shape index (κ2) is 65.4. The van der Waals surface area contributed by atoms with Crippen LogP contribution in [0.5, 0.6) is 0 Å². The fraction of sp³-hybridized carbons (Fsp3) is 0.920. The molecule has 1 amide bonds. The smallest absolute Gasteiger partial charge is 0.456 e. The van der Waals surface area contributed by atoms with Crippen molar-refractivity contribution in [1.82, 2.24) is 5.32 Å². The van der Waals surface area contributed by atoms with Crippen LogP contribution in [0, 0.1) is 0 Å². The number of carbonyl (C=O) groups is 2. The van der Waals surface area contributed by atoms with Crippen molar-refractivity contribution in [3.05, 3.63) is 24.3 Å². The van der Waals surface area contributed by atoms with Gasteiger partial charge in [-0.2, -0.15) is 0 Å². The van der Waals surface area contributed by atoms with Gasteiger partial charge in [0, 0.05) is 12.8 Å². The SMILES string of the molecule is CCCCCCCC/C=C/CCCCCCCCCCCCCCCCCC(=O)OC(/C=C/CCCCCCCCCCC)C(COP(=O)(O)OCC[N+](C)(C)C)NC(=O)CCCCCCCCCCCCCCCCCCCCCCCCC. The number of nitrogens with one attached hydrogen (secondary N) is 1. The first kappa shape index (κ1) is 83.5. The van der Waals surface area contributed by atoms with Crippen molar-refractivity contribution in [3.63, 3.8) is 0 Å². The van der Waals surface area contributed by atoms with E-state index in [-0.39, 0.29) is 25.1 Å². The Hall–Kier alpha value is -1.51. The molecule has 0 spiro atoms. The topological polar surface area (TPSA) is 111 Å². The molecule has 0 aromatic carbocycles. The van der Waals surface area contributed by atoms with E-state index < -0.39 is 20.0 Å². The Morgan fingerprint density at radius 2 is 0.682 bits per heavy atom. The third kappa shape index (κ3) is 66.7. The summed E-state index contributed by atoms with van der Waals surface area (Å²) in [6, 6.07) is -0.843. The maximum atomic E-state index is 13.6. The monoisotopic (exact) mass is 1220 g/mol. The van der Waals surface area contributed by atoms with Gasteiger partial charge in [-0.1, -0.05) is 347 Å². The summed E-state index contributed by atoms with van der Waals surface area (Å²) in [7, 11) is 1.52. The molecule has 0 rings (SSSR count). The fourth-order valence-corrected chi connectivity index (χ4v) is 12.3. The summed E-state index contributed by atoms with van der Waals surface area (Å²) < 4.78 is 30.9. The molecule has 0 saturated heterocycles. The van der Waals surface area contributed by atoms with Crippen molar-refractivity contribution in [1.29, 1.82) is 0 Å². The molecule has 0 bridgehead atoms. The molecule has 0 aromatic rings. The minimum Gasteiger partial charge on any atom is -0.456 e. The fourth-order valence-electron chi connectivity index (χ4n) is 11.6. The molecule has 3 atom stereocenters. The number of allylic oxidation sites excluding steroid dienone is 3. The van der Waals surface area contributed by atoms with E-state index in [1.54, 1.807) is 0 Å². The number of nitrogens with zero attached hydrogens (tertiary/aromatic N) is 1. The maximum absolute atomic E-state index is 13.6. The molecule has 10 heteroatoms. The molecular weight excluding hydrogens is 1070 g/mol. The molecule has 3 unspecified atom stereocenters. The number of likely N-dealkylation sites (N-methyl/N-ethyl adjacent to an activating group) is 1. The first-order valence-electron chi connectivity index (χ1n) is 37.7. The summed E-state index contributed by atoms with van der Waals surface area (Å²) >= 11 is 0. The Balaban J connectivity index is 4.91. The molecule has 0 aliphatic heterocycles. The number of hydrogen-bond donors (Lipinski definition) is 2. The lowest BCUT2D eigenvalue weighted by Gasteiger charge is -2.27. The molecule has 85 heavy (non-hydrogen) atoms. The van der Waals surface area contributed by atoms with Crippen LogP contribution in [0.25, 0.3) is 0 Å². The largest absolute Gasteiger partial charge is 0.472 e. The van der Waals surface area contributed by atoms with Crippen LogP contribution in [0.1, 0.15) is 393 Å². The molecule has 9 nitrogen and oxygen atoms in total. The summed E-state index contributed by atoms with van der Waals surface area (Å²) in [4.78, 5) is 37.9. The van der Waals surface area contributed by atoms with Crippen LogP contribution < -0.4 is 5.32 Å². The number of unbranched alkanes of at least 4 members (excludes halogenated alkanes) is 52. The average molecular weight is 1220 g/mol. The van der Waals surface area contributed by atoms with E-state index in [1.165, 1.54) is 302 Å². The third-order valence-corrected chi connectivity index (χ3v) is 18.4. The lowest BCUT2D eigenvalue weighted by molar-refractivity contribution is -0.870. The maximum Gasteiger partial charge on any atom is 0.472 e. The van der Waals surface area contributed by atoms with E-state index >= 15 is 0 Å². The lowest BCUT2D eigenvalue weighted by Crippen LogP contribution is -2.47. The van der Waals surface area contributed by atoms with Crippen molar-refractivity contribution in [2.45, 2.75) is 405 Å². The molecule has 0 aromatic heterocycles. The normalized spacial score (nSPS) is 13.5. The summed E-state index contributed by atoms with van der Waals surface area (Å²) in [6.45, 7) is 7.08. The van der Waals surface area contributed by atoms with Crippen LogP contribution in [0.3, 0.4) is 0 Å². The van der Waals surface area contributed by atoms with E-state index in [9.17, 15) is 19.0 Å². The summed E-state index contributed by atoms with van der Waals surface area (Å²) in [6.07, 6.45) is 80.7. The zero-order chi connectivity index (χ0) is 62.1. The van der Waals surface area contributed by atoms with Gasteiger partial charge in [-0.3, -0.25) is 18.6 Å². The predicted octanol–water partition coefficient (Wildman–Crippen LogP) is 24.0. The number of hydrogen-bond acceptors (Lipinski definition) is 6. The molecular formula is C75H148N2O7P+. The van der Waals surface area contributed by atoms with E-state index in [0.29, 0.717) is 23.9 Å². The van der Waals surface area contributed by atoms with Gasteiger partial charge in [0.2, 0.25) is 5.91 Å². The number of amides is 1. The van der Waals surface area contributed by atoms with Crippen LogP contribution in [0.15, 0.2) is 24.3 Å². The van der Waals surface area contributed by atoms with Crippen LogP contribution in [-0.2, 0) is 27.9 Å². The number of rotatable bonds is 70. The van der Waals surface area contributed by atoms with Gasteiger partial charge in [-0.25, -0.2) is 4.57 Å². The van der Waals surface area contributed by atoms with Gasteiger partial charge >= 0.3 is 13.8 Å². The Bertz CT molecular complexity index is 1500. The Kier molecular flexibility index (Phi) is 64.3. The van der Waals surface area contributed by atoms with Crippen molar-refractivity contribution in [2.75, 3.05) is 40.9 Å². The molecule has 0 radical (unpaired) electrons. The third-order valence-electron chi connectivity index (χ3n) is 17.4. The van der Waals surface area contributed by atoms with E-state index in [0.717, 1.165) is 57.8 Å². The van der Waals surface area contributed by atoms with Crippen LogP contribution >= 0.6 is 7.82 Å². The second-order valence-electron chi connectivity index (χ2n) is 27.2. The highest BCUT2D eigenvalue weighted by atomic mass is 31.2. The predicted molar refractivity (Wildman–Crippen MR) is 370 cm³/mol. The van der Waals surface area contributed by atoms with Crippen LogP contribution in [-0.4, -0.2) is 74.3 Å². The van der Waals surface area contributed by atoms with Gasteiger partial charge in [0.05, 0.1) is 33.8 Å². The summed E-state index contributed by atoms with van der Waals surface area (Å²) in [5, 5.41) is 3.08. The van der Waals surface area contributed by atoms with Gasteiger partial charge in [0.25, 0.3) is 0 Å². The van der Waals surface area contributed by atoms with E-state index in [1.807, 2.05) is 33.3 Å². The molecule has 0 heterocycles. The number of quaternary nitrogens is 1. The van der Waals surface area contributed by atoms with Crippen molar-refractivity contribution >= 4 is 19.7 Å². The average Bonchev–Trinajstić information content (AvgIpc) is 3.58. The van der Waals surface area contributed by atoms with Gasteiger partial charge in [0.15, 0.2) is 0 Å². The molecule has 0 saturated carbocycles. The standard InChI is InChI=1S/C75H147N2O7P/c1-7-10-13-16-19-22-25-27-29-31-33-35-37-38-40-42-44-46-48-50-53-56-59-62-65-68-75(79)84-73(66-63-60-57-54-51-24-21-18-15-12-9-3)72(71-83-85(80,81)82-70-69-77(4,5)6)76-74(78)67-64-61-58-55-52-49-47-45-43-41-39-36-34-32-30-28-26-23-20-17-14-11-8-2/h27,29,63,66,72-73H,7-26,28,30-62,64-65,67-71H2,1-6H3,(H-,76,78,80,81)/p+1/b29-27+,66-63+. The van der Waals surface area contributed by atoms with Gasteiger partial charge < -0.3 is 19.4 Å². The highest BCUT2D eigenvalue weighted by Gasteiger charge is 2.30. The Morgan fingerprint density at radius 1 is 0.400 bits per heavy atom. The molecule has 504 valence electrons. The van der Waals surface area contributed by atoms with Crippen LogP contribution in [0.4, 0.5) is 0 Å². The number of carbonyl (C=O) groups excluding carboxylic acids is 2. The van der Waals surface area contributed by atoms with Gasteiger partial charge in [-0.15, -0.1) is 0 Å². The first-order valence-corrected chi connectivity index (χ1v) is 39.2. The quantitative estimate of drug-likeness (QED) is 0.0205. The second-order valence-corrected chi connectivity index (χ2v) is 28.6. The number of esters is 1. The molecule has 0 aliphatic carbocycles. The minimum absolute atomic E-state index is 0.0448.